The van der Waals surface area contributed by atoms with E-state index in [4.69, 9.17) is 11.6 Å². The summed E-state index contributed by atoms with van der Waals surface area (Å²) in [7, 11) is 1.57. The Kier molecular flexibility index (Phi) is 3.86. The number of halogens is 1. The Hall–Kier alpha value is -2.33. The minimum atomic E-state index is -0.550. The van der Waals surface area contributed by atoms with E-state index in [1.807, 2.05) is 24.3 Å². The van der Waals surface area contributed by atoms with E-state index in [0.717, 1.165) is 11.3 Å². The standard InChI is InChI=1S/C17H15ClN2O2/c1-19-16(21)15-10-11-6-2-5-9-14(11)20(15)17(22)12-7-3-4-8-13(12)18/h2-9,15H,10H2,1H3,(H,19,21). The zero-order chi connectivity index (χ0) is 15.7. The molecule has 1 atom stereocenters. The number of hydrogen-bond acceptors (Lipinski definition) is 2. The number of nitrogens with zero attached hydrogens (tertiary/aromatic N) is 1. The van der Waals surface area contributed by atoms with Gasteiger partial charge < -0.3 is 5.32 Å². The van der Waals surface area contributed by atoms with Gasteiger partial charge >= 0.3 is 0 Å². The predicted molar refractivity (Wildman–Crippen MR) is 86.3 cm³/mol. The summed E-state index contributed by atoms with van der Waals surface area (Å²) in [5.41, 5.74) is 2.15. The fourth-order valence-corrected chi connectivity index (χ4v) is 2.99. The van der Waals surface area contributed by atoms with E-state index in [-0.39, 0.29) is 11.8 Å². The highest BCUT2D eigenvalue weighted by Gasteiger charge is 2.38. The summed E-state index contributed by atoms with van der Waals surface area (Å²) in [6.07, 6.45) is 0.506. The summed E-state index contributed by atoms with van der Waals surface area (Å²) in [6.45, 7) is 0. The predicted octanol–water partition coefficient (Wildman–Crippen LogP) is 2.66. The molecule has 0 aromatic heterocycles. The van der Waals surface area contributed by atoms with Crippen molar-refractivity contribution in [3.8, 4) is 0 Å². The molecule has 3 rings (SSSR count). The highest BCUT2D eigenvalue weighted by Crippen LogP contribution is 2.34. The lowest BCUT2D eigenvalue weighted by atomic mass is 10.1. The van der Waals surface area contributed by atoms with Crippen molar-refractivity contribution in [2.75, 3.05) is 11.9 Å². The molecule has 22 heavy (non-hydrogen) atoms. The number of fused-ring (bicyclic) bond motifs is 1. The van der Waals surface area contributed by atoms with Gasteiger partial charge in [0.05, 0.1) is 10.6 Å². The summed E-state index contributed by atoms with van der Waals surface area (Å²) in [5, 5.41) is 3.01. The van der Waals surface area contributed by atoms with E-state index in [9.17, 15) is 9.59 Å². The van der Waals surface area contributed by atoms with Crippen LogP contribution in [0.2, 0.25) is 5.02 Å². The van der Waals surface area contributed by atoms with Crippen LogP contribution in [0.15, 0.2) is 48.5 Å². The quantitative estimate of drug-likeness (QED) is 0.926. The number of benzene rings is 2. The average molecular weight is 315 g/mol. The summed E-state index contributed by atoms with van der Waals surface area (Å²) in [4.78, 5) is 26.6. The number of likely N-dealkylation sites (N-methyl/N-ethyl adjacent to an activating group) is 1. The molecule has 1 aliphatic rings. The number of amides is 2. The molecule has 1 aliphatic heterocycles. The smallest absolute Gasteiger partial charge is 0.260 e. The molecule has 2 aromatic rings. The van der Waals surface area contributed by atoms with Crippen LogP contribution in [0.5, 0.6) is 0 Å². The molecule has 0 bridgehead atoms. The third kappa shape index (κ3) is 2.35. The van der Waals surface area contributed by atoms with Crippen molar-refractivity contribution < 1.29 is 9.59 Å². The Morgan fingerprint density at radius 2 is 1.82 bits per heavy atom. The second-order valence-electron chi connectivity index (χ2n) is 5.12. The van der Waals surface area contributed by atoms with E-state index in [1.165, 1.54) is 4.90 Å². The maximum absolute atomic E-state index is 12.9. The lowest BCUT2D eigenvalue weighted by Crippen LogP contribution is -2.47. The Bertz CT molecular complexity index is 745. The van der Waals surface area contributed by atoms with Crippen LogP contribution in [0, 0.1) is 0 Å². The van der Waals surface area contributed by atoms with Crippen molar-refractivity contribution >= 4 is 29.1 Å². The number of rotatable bonds is 2. The normalized spacial score (nSPS) is 16.3. The molecule has 0 aliphatic carbocycles. The van der Waals surface area contributed by atoms with Crippen molar-refractivity contribution in [1.29, 1.82) is 0 Å². The van der Waals surface area contributed by atoms with E-state index < -0.39 is 6.04 Å². The van der Waals surface area contributed by atoms with Crippen LogP contribution in [0.3, 0.4) is 0 Å². The van der Waals surface area contributed by atoms with E-state index in [2.05, 4.69) is 5.32 Å². The van der Waals surface area contributed by atoms with Gasteiger partial charge in [-0.1, -0.05) is 41.9 Å². The number of carbonyl (C=O) groups excluding carboxylic acids is 2. The average Bonchev–Trinajstić information content (AvgIpc) is 2.93. The second-order valence-corrected chi connectivity index (χ2v) is 5.53. The molecule has 4 nitrogen and oxygen atoms in total. The van der Waals surface area contributed by atoms with Crippen LogP contribution in [-0.2, 0) is 11.2 Å². The minimum Gasteiger partial charge on any atom is -0.357 e. The van der Waals surface area contributed by atoms with Crippen molar-refractivity contribution in [2.45, 2.75) is 12.5 Å². The molecule has 1 unspecified atom stereocenters. The largest absolute Gasteiger partial charge is 0.357 e. The van der Waals surface area contributed by atoms with E-state index in [0.29, 0.717) is 17.0 Å². The lowest BCUT2D eigenvalue weighted by molar-refractivity contribution is -0.121. The van der Waals surface area contributed by atoms with Gasteiger partial charge in [0.1, 0.15) is 6.04 Å². The molecule has 0 spiro atoms. The maximum atomic E-state index is 12.9. The van der Waals surface area contributed by atoms with Gasteiger partial charge in [-0.25, -0.2) is 0 Å². The molecule has 1 N–H and O–H groups in total. The molecular formula is C17H15ClN2O2. The summed E-state index contributed by atoms with van der Waals surface area (Å²) >= 11 is 6.14. The van der Waals surface area contributed by atoms with Gasteiger partial charge in [0.15, 0.2) is 0 Å². The first-order valence-electron chi connectivity index (χ1n) is 7.01. The Labute approximate surface area is 133 Å². The van der Waals surface area contributed by atoms with Crippen molar-refractivity contribution in [3.05, 3.63) is 64.7 Å². The minimum absolute atomic E-state index is 0.184. The fourth-order valence-electron chi connectivity index (χ4n) is 2.78. The van der Waals surface area contributed by atoms with Gasteiger partial charge in [0, 0.05) is 19.2 Å². The van der Waals surface area contributed by atoms with Gasteiger partial charge in [-0.05, 0) is 23.8 Å². The SMILES string of the molecule is CNC(=O)C1Cc2ccccc2N1C(=O)c1ccccc1Cl. The molecule has 0 saturated carbocycles. The van der Waals surface area contributed by atoms with Gasteiger partial charge in [-0.15, -0.1) is 0 Å². The van der Waals surface area contributed by atoms with E-state index >= 15 is 0 Å². The summed E-state index contributed by atoms with van der Waals surface area (Å²) in [6, 6.07) is 13.9. The van der Waals surface area contributed by atoms with Gasteiger partial charge in [-0.3, -0.25) is 14.5 Å². The zero-order valence-electron chi connectivity index (χ0n) is 12.0. The molecule has 0 saturated heterocycles. The molecule has 0 fully saturated rings. The second kappa shape index (κ2) is 5.81. The van der Waals surface area contributed by atoms with Crippen LogP contribution in [0.25, 0.3) is 0 Å². The number of carbonyl (C=O) groups is 2. The highest BCUT2D eigenvalue weighted by atomic mass is 35.5. The van der Waals surface area contributed by atoms with Crippen LogP contribution >= 0.6 is 11.6 Å². The molecular weight excluding hydrogens is 300 g/mol. The molecule has 2 aromatic carbocycles. The summed E-state index contributed by atoms with van der Waals surface area (Å²) < 4.78 is 0. The monoisotopic (exact) mass is 314 g/mol. The topological polar surface area (TPSA) is 49.4 Å². The third-order valence-electron chi connectivity index (χ3n) is 3.85. The van der Waals surface area contributed by atoms with Crippen molar-refractivity contribution in [1.82, 2.24) is 5.32 Å². The Balaban J connectivity index is 2.07. The van der Waals surface area contributed by atoms with Crippen LogP contribution in [0.4, 0.5) is 5.69 Å². The molecule has 112 valence electrons. The summed E-state index contributed by atoms with van der Waals surface area (Å²) in [5.74, 6) is -0.444. The van der Waals surface area contributed by atoms with Gasteiger partial charge in [0.25, 0.3) is 5.91 Å². The number of nitrogens with one attached hydrogen (secondary N) is 1. The molecule has 1 heterocycles. The zero-order valence-corrected chi connectivity index (χ0v) is 12.8. The number of para-hydroxylation sites is 1. The Morgan fingerprint density at radius 3 is 2.55 bits per heavy atom. The van der Waals surface area contributed by atoms with Gasteiger partial charge in [-0.2, -0.15) is 0 Å². The third-order valence-corrected chi connectivity index (χ3v) is 4.18. The lowest BCUT2D eigenvalue weighted by Gasteiger charge is -2.24. The molecule has 5 heteroatoms. The van der Waals surface area contributed by atoms with E-state index in [1.54, 1.807) is 31.3 Å². The number of hydrogen-bond donors (Lipinski definition) is 1. The van der Waals surface area contributed by atoms with Crippen LogP contribution < -0.4 is 10.2 Å². The van der Waals surface area contributed by atoms with Crippen LogP contribution in [0.1, 0.15) is 15.9 Å². The highest BCUT2D eigenvalue weighted by molar-refractivity contribution is 6.34. The van der Waals surface area contributed by atoms with Crippen LogP contribution in [-0.4, -0.2) is 24.9 Å². The molecule has 0 radical (unpaired) electrons. The maximum Gasteiger partial charge on any atom is 0.260 e. The van der Waals surface area contributed by atoms with Crippen molar-refractivity contribution in [2.24, 2.45) is 0 Å². The first-order valence-corrected chi connectivity index (χ1v) is 7.39. The first kappa shape index (κ1) is 14.6. The number of anilines is 1. The van der Waals surface area contributed by atoms with Crippen molar-refractivity contribution in [3.63, 3.8) is 0 Å². The Morgan fingerprint density at radius 1 is 1.14 bits per heavy atom. The first-order chi connectivity index (χ1) is 10.6. The molecule has 2 amide bonds. The fraction of sp³-hybridized carbons (Fsp3) is 0.176. The van der Waals surface area contributed by atoms with Gasteiger partial charge in [0.2, 0.25) is 5.91 Å².